The van der Waals surface area contributed by atoms with Gasteiger partial charge in [0.05, 0.1) is 11.2 Å². The van der Waals surface area contributed by atoms with Gasteiger partial charge in [-0.1, -0.05) is 46.9 Å². The van der Waals surface area contributed by atoms with Crippen LogP contribution in [0.3, 0.4) is 0 Å². The van der Waals surface area contributed by atoms with E-state index in [9.17, 15) is 9.59 Å². The van der Waals surface area contributed by atoms with E-state index in [0.717, 1.165) is 5.56 Å². The Kier molecular flexibility index (Phi) is 6.82. The van der Waals surface area contributed by atoms with Crippen LogP contribution in [-0.4, -0.2) is 18.0 Å². The highest BCUT2D eigenvalue weighted by Crippen LogP contribution is 2.20. The third-order valence-electron chi connectivity index (χ3n) is 3.13. The molecule has 130 valence electrons. The monoisotopic (exact) mass is 397 g/mol. The number of halogens is 3. The van der Waals surface area contributed by atoms with Crippen LogP contribution in [0.4, 0.5) is 5.69 Å². The molecule has 2 aromatic rings. The Labute approximate surface area is 160 Å². The molecule has 0 unspecified atom stereocenters. The number of hydrogen-bond acceptors (Lipinski definition) is 3. The van der Waals surface area contributed by atoms with E-state index >= 15 is 0 Å². The van der Waals surface area contributed by atoms with Crippen molar-refractivity contribution in [1.82, 2.24) is 5.43 Å². The van der Waals surface area contributed by atoms with Crippen LogP contribution >= 0.6 is 34.8 Å². The van der Waals surface area contributed by atoms with E-state index in [1.54, 1.807) is 36.4 Å². The van der Waals surface area contributed by atoms with Gasteiger partial charge in [-0.15, -0.1) is 0 Å². The summed E-state index contributed by atoms with van der Waals surface area (Å²) >= 11 is 17.8. The summed E-state index contributed by atoms with van der Waals surface area (Å²) in [6.07, 6.45) is 0.991. The molecule has 0 fully saturated rings. The minimum Gasteiger partial charge on any atom is -0.326 e. The van der Waals surface area contributed by atoms with Gasteiger partial charge in [-0.25, -0.2) is 5.43 Å². The first-order valence-electron chi connectivity index (χ1n) is 7.18. The maximum atomic E-state index is 11.8. The summed E-state index contributed by atoms with van der Waals surface area (Å²) in [7, 11) is 0. The molecule has 0 saturated heterocycles. The fraction of sp³-hybridized carbons (Fsp3) is 0.118. The number of anilines is 1. The van der Waals surface area contributed by atoms with Crippen molar-refractivity contribution < 1.29 is 9.59 Å². The summed E-state index contributed by atoms with van der Waals surface area (Å²) in [5, 5.41) is 7.79. The zero-order valence-electron chi connectivity index (χ0n) is 13.1. The summed E-state index contributed by atoms with van der Waals surface area (Å²) in [5.41, 5.74) is 4.26. The number of amides is 2. The Hall–Kier alpha value is -2.08. The van der Waals surface area contributed by atoms with Crippen molar-refractivity contribution >= 4 is 58.5 Å². The number of hydrogen-bond donors (Lipinski definition) is 2. The van der Waals surface area contributed by atoms with Gasteiger partial charge in [-0.3, -0.25) is 9.59 Å². The molecule has 2 amide bonds. The SMILES string of the molecule is Cc1ccc(NC(=O)CC(=O)NN=Cc2ccc(Cl)cc2Cl)cc1Cl. The fourth-order valence-corrected chi connectivity index (χ4v) is 2.48. The smallest absolute Gasteiger partial charge is 0.249 e. The van der Waals surface area contributed by atoms with E-state index in [4.69, 9.17) is 34.8 Å². The molecule has 0 atom stereocenters. The predicted octanol–water partition coefficient (Wildman–Crippen LogP) is 4.43. The molecule has 8 heteroatoms. The molecule has 0 saturated carbocycles. The maximum Gasteiger partial charge on any atom is 0.249 e. The highest BCUT2D eigenvalue weighted by molar-refractivity contribution is 6.36. The summed E-state index contributed by atoms with van der Waals surface area (Å²) in [4.78, 5) is 23.6. The largest absolute Gasteiger partial charge is 0.326 e. The molecule has 2 rings (SSSR count). The van der Waals surface area contributed by atoms with Crippen molar-refractivity contribution in [3.8, 4) is 0 Å². The van der Waals surface area contributed by atoms with Crippen molar-refractivity contribution in [3.63, 3.8) is 0 Å². The molecule has 0 spiro atoms. The van der Waals surface area contributed by atoms with E-state index in [2.05, 4.69) is 15.8 Å². The Morgan fingerprint density at radius 3 is 2.48 bits per heavy atom. The highest BCUT2D eigenvalue weighted by atomic mass is 35.5. The Morgan fingerprint density at radius 1 is 1.04 bits per heavy atom. The first kappa shape index (κ1) is 19.2. The molecule has 0 bridgehead atoms. The lowest BCUT2D eigenvalue weighted by Gasteiger charge is -2.06. The van der Waals surface area contributed by atoms with E-state index in [0.29, 0.717) is 26.3 Å². The average Bonchev–Trinajstić information content (AvgIpc) is 2.53. The second kappa shape index (κ2) is 8.85. The van der Waals surface area contributed by atoms with Gasteiger partial charge in [-0.05, 0) is 36.8 Å². The van der Waals surface area contributed by atoms with Crippen molar-refractivity contribution in [1.29, 1.82) is 0 Å². The van der Waals surface area contributed by atoms with Gasteiger partial charge in [0.25, 0.3) is 0 Å². The summed E-state index contributed by atoms with van der Waals surface area (Å²) in [6, 6.07) is 9.97. The second-order valence-corrected chi connectivity index (χ2v) is 6.40. The molecule has 0 aromatic heterocycles. The van der Waals surface area contributed by atoms with Gasteiger partial charge in [0.2, 0.25) is 11.8 Å². The predicted molar refractivity (Wildman–Crippen MR) is 102 cm³/mol. The van der Waals surface area contributed by atoms with Gasteiger partial charge in [0.15, 0.2) is 0 Å². The third kappa shape index (κ3) is 6.05. The molecule has 0 radical (unpaired) electrons. The molecule has 2 aromatic carbocycles. The fourth-order valence-electron chi connectivity index (χ4n) is 1.84. The lowest BCUT2D eigenvalue weighted by Crippen LogP contribution is -2.24. The zero-order chi connectivity index (χ0) is 18.4. The van der Waals surface area contributed by atoms with Gasteiger partial charge in [0.1, 0.15) is 6.42 Å². The maximum absolute atomic E-state index is 11.8. The number of carbonyl (C=O) groups excluding carboxylic acids is 2. The number of benzene rings is 2. The molecule has 2 N–H and O–H groups in total. The van der Waals surface area contributed by atoms with Crippen molar-refractivity contribution in [2.45, 2.75) is 13.3 Å². The number of nitrogens with zero attached hydrogens (tertiary/aromatic N) is 1. The molecular weight excluding hydrogens is 385 g/mol. The lowest BCUT2D eigenvalue weighted by molar-refractivity contribution is -0.126. The zero-order valence-corrected chi connectivity index (χ0v) is 15.4. The number of carbonyl (C=O) groups is 2. The van der Waals surface area contributed by atoms with Crippen molar-refractivity contribution in [2.24, 2.45) is 5.10 Å². The van der Waals surface area contributed by atoms with Crippen LogP contribution in [0.15, 0.2) is 41.5 Å². The van der Waals surface area contributed by atoms with Crippen LogP contribution < -0.4 is 10.7 Å². The van der Waals surface area contributed by atoms with Gasteiger partial charge in [0, 0.05) is 21.3 Å². The van der Waals surface area contributed by atoms with Crippen LogP contribution in [0.2, 0.25) is 15.1 Å². The molecule has 25 heavy (non-hydrogen) atoms. The van der Waals surface area contributed by atoms with Crippen LogP contribution in [-0.2, 0) is 9.59 Å². The molecule has 0 aliphatic carbocycles. The van der Waals surface area contributed by atoms with Gasteiger partial charge >= 0.3 is 0 Å². The van der Waals surface area contributed by atoms with Crippen molar-refractivity contribution in [3.05, 3.63) is 62.6 Å². The normalized spacial score (nSPS) is 10.7. The summed E-state index contributed by atoms with van der Waals surface area (Å²) in [5.74, 6) is -1.03. The number of nitrogens with one attached hydrogen (secondary N) is 2. The Balaban J connectivity index is 1.85. The summed E-state index contributed by atoms with van der Waals surface area (Å²) in [6.45, 7) is 1.85. The molecule has 5 nitrogen and oxygen atoms in total. The quantitative estimate of drug-likeness (QED) is 0.444. The standard InChI is InChI=1S/C17H14Cl3N3O2/c1-10-2-5-13(7-14(10)19)22-16(24)8-17(25)23-21-9-11-3-4-12(18)6-15(11)20/h2-7,9H,8H2,1H3,(H,22,24)(H,23,25). The van der Waals surface area contributed by atoms with Gasteiger partial charge < -0.3 is 5.32 Å². The molecule has 0 aliphatic rings. The highest BCUT2D eigenvalue weighted by Gasteiger charge is 2.09. The minimum atomic E-state index is -0.558. The summed E-state index contributed by atoms with van der Waals surface area (Å²) < 4.78 is 0. The first-order valence-corrected chi connectivity index (χ1v) is 8.31. The van der Waals surface area contributed by atoms with Crippen LogP contribution in [0.5, 0.6) is 0 Å². The number of aryl methyl sites for hydroxylation is 1. The third-order valence-corrected chi connectivity index (χ3v) is 4.10. The second-order valence-electron chi connectivity index (χ2n) is 5.15. The Morgan fingerprint density at radius 2 is 1.80 bits per heavy atom. The molecule has 0 heterocycles. The number of rotatable bonds is 5. The molecule has 0 aliphatic heterocycles. The first-order chi connectivity index (χ1) is 11.8. The average molecular weight is 399 g/mol. The van der Waals surface area contributed by atoms with E-state index in [-0.39, 0.29) is 6.42 Å². The van der Waals surface area contributed by atoms with Crippen LogP contribution in [0, 0.1) is 6.92 Å². The van der Waals surface area contributed by atoms with Gasteiger partial charge in [-0.2, -0.15) is 5.10 Å². The number of hydrazone groups is 1. The van der Waals surface area contributed by atoms with E-state index in [1.165, 1.54) is 6.21 Å². The van der Waals surface area contributed by atoms with Crippen molar-refractivity contribution in [2.75, 3.05) is 5.32 Å². The van der Waals surface area contributed by atoms with E-state index < -0.39 is 11.8 Å². The Bertz CT molecular complexity index is 838. The molecular formula is C17H14Cl3N3O2. The van der Waals surface area contributed by atoms with Crippen LogP contribution in [0.1, 0.15) is 17.5 Å². The topological polar surface area (TPSA) is 70.6 Å². The lowest BCUT2D eigenvalue weighted by atomic mass is 10.2. The minimum absolute atomic E-state index is 0.378. The van der Waals surface area contributed by atoms with E-state index in [1.807, 2.05) is 6.92 Å². The van der Waals surface area contributed by atoms with Crippen LogP contribution in [0.25, 0.3) is 0 Å².